The fourth-order valence-electron chi connectivity index (χ4n) is 2.81. The Hall–Kier alpha value is -1.35. The van der Waals surface area contributed by atoms with E-state index < -0.39 is 0 Å². The Balaban J connectivity index is 1.93. The van der Waals surface area contributed by atoms with Crippen LogP contribution in [-0.4, -0.2) is 31.4 Å². The number of ether oxygens (including phenoxy) is 1. The number of hydrogen-bond donors (Lipinski definition) is 0. The Morgan fingerprint density at radius 2 is 2.11 bits per heavy atom. The van der Waals surface area contributed by atoms with Crippen molar-refractivity contribution in [1.82, 2.24) is 4.90 Å². The number of ketones is 1. The van der Waals surface area contributed by atoms with Crippen LogP contribution in [0, 0.1) is 5.92 Å². The van der Waals surface area contributed by atoms with E-state index in [9.17, 15) is 4.79 Å². The van der Waals surface area contributed by atoms with Crippen molar-refractivity contribution in [2.75, 3.05) is 20.7 Å². The van der Waals surface area contributed by atoms with Crippen LogP contribution in [0.5, 0.6) is 5.75 Å². The summed E-state index contributed by atoms with van der Waals surface area (Å²) in [7, 11) is 3.78. The van der Waals surface area contributed by atoms with E-state index in [1.165, 1.54) is 12.0 Å². The Kier molecular flexibility index (Phi) is 4.97. The van der Waals surface area contributed by atoms with Gasteiger partial charge in [0.15, 0.2) is 0 Å². The van der Waals surface area contributed by atoms with Crippen molar-refractivity contribution < 1.29 is 9.53 Å². The summed E-state index contributed by atoms with van der Waals surface area (Å²) in [6, 6.07) is 8.07. The minimum absolute atomic E-state index is 0.230. The molecule has 0 amide bonds. The maximum Gasteiger partial charge on any atom is 0.137 e. The summed E-state index contributed by atoms with van der Waals surface area (Å²) in [5.41, 5.74) is 1.18. The molecule has 0 aromatic heterocycles. The van der Waals surface area contributed by atoms with Crippen molar-refractivity contribution in [3.8, 4) is 5.75 Å². The molecule has 0 radical (unpaired) electrons. The third-order valence-electron chi connectivity index (χ3n) is 3.85. The minimum Gasteiger partial charge on any atom is -0.496 e. The van der Waals surface area contributed by atoms with Crippen LogP contribution in [0.15, 0.2) is 24.3 Å². The lowest BCUT2D eigenvalue weighted by molar-refractivity contribution is -0.125. The summed E-state index contributed by atoms with van der Waals surface area (Å²) in [4.78, 5) is 14.1. The predicted molar refractivity (Wildman–Crippen MR) is 76.3 cm³/mol. The summed E-state index contributed by atoms with van der Waals surface area (Å²) >= 11 is 0. The molecule has 0 spiro atoms. The van der Waals surface area contributed by atoms with Gasteiger partial charge in [-0.3, -0.25) is 4.79 Å². The Labute approximate surface area is 115 Å². The first-order chi connectivity index (χ1) is 9.20. The molecular weight excluding hydrogens is 238 g/mol. The summed E-state index contributed by atoms with van der Waals surface area (Å²) in [5, 5.41) is 0. The van der Waals surface area contributed by atoms with Gasteiger partial charge < -0.3 is 9.64 Å². The van der Waals surface area contributed by atoms with Crippen molar-refractivity contribution in [2.24, 2.45) is 5.92 Å². The second-order valence-electron chi connectivity index (χ2n) is 5.42. The zero-order valence-corrected chi connectivity index (χ0v) is 11.9. The van der Waals surface area contributed by atoms with E-state index in [-0.39, 0.29) is 5.92 Å². The number of hydrogen-bond acceptors (Lipinski definition) is 3. The van der Waals surface area contributed by atoms with Crippen molar-refractivity contribution in [2.45, 2.75) is 32.2 Å². The van der Waals surface area contributed by atoms with Gasteiger partial charge in [0.05, 0.1) is 7.11 Å². The van der Waals surface area contributed by atoms with Crippen LogP contribution in [0.2, 0.25) is 0 Å². The van der Waals surface area contributed by atoms with E-state index in [1.807, 2.05) is 18.2 Å². The standard InChI is InChI=1S/C16H23NO2/c1-17(11-13-7-3-5-9-15(13)18)12-14-8-4-6-10-16(14)19-2/h4,6,8,10,13H,3,5,7,9,11-12H2,1-2H3. The molecule has 19 heavy (non-hydrogen) atoms. The maximum atomic E-state index is 11.9. The third-order valence-corrected chi connectivity index (χ3v) is 3.85. The van der Waals surface area contributed by atoms with Crippen LogP contribution in [-0.2, 0) is 11.3 Å². The molecule has 0 aliphatic heterocycles. The van der Waals surface area contributed by atoms with E-state index >= 15 is 0 Å². The van der Waals surface area contributed by atoms with Gasteiger partial charge in [-0.2, -0.15) is 0 Å². The monoisotopic (exact) mass is 261 g/mol. The second kappa shape index (κ2) is 6.71. The van der Waals surface area contributed by atoms with Gasteiger partial charge >= 0.3 is 0 Å². The third kappa shape index (κ3) is 3.80. The van der Waals surface area contributed by atoms with Crippen molar-refractivity contribution in [3.63, 3.8) is 0 Å². The van der Waals surface area contributed by atoms with Crippen LogP contribution in [0.25, 0.3) is 0 Å². The highest BCUT2D eigenvalue weighted by molar-refractivity contribution is 5.81. The summed E-state index contributed by atoms with van der Waals surface area (Å²) < 4.78 is 5.36. The summed E-state index contributed by atoms with van der Waals surface area (Å²) in [5.74, 6) is 1.59. The average Bonchev–Trinajstić information content (AvgIpc) is 2.42. The first kappa shape index (κ1) is 14.1. The zero-order valence-electron chi connectivity index (χ0n) is 11.9. The quantitative estimate of drug-likeness (QED) is 0.816. The number of para-hydroxylation sites is 1. The normalized spacial score (nSPS) is 19.7. The maximum absolute atomic E-state index is 11.9. The largest absolute Gasteiger partial charge is 0.496 e. The van der Waals surface area contributed by atoms with Crippen molar-refractivity contribution >= 4 is 5.78 Å². The van der Waals surface area contributed by atoms with E-state index in [2.05, 4.69) is 18.0 Å². The molecule has 1 aliphatic carbocycles. The molecule has 1 atom stereocenters. The molecule has 0 saturated heterocycles. The van der Waals surface area contributed by atoms with E-state index in [0.29, 0.717) is 5.78 Å². The first-order valence-corrected chi connectivity index (χ1v) is 7.04. The number of carbonyl (C=O) groups excluding carboxylic acids is 1. The molecule has 1 saturated carbocycles. The number of Topliss-reactive ketones (excluding diaryl/α,β-unsaturated/α-hetero) is 1. The lowest BCUT2D eigenvalue weighted by Gasteiger charge is -2.26. The number of methoxy groups -OCH3 is 1. The van der Waals surface area contributed by atoms with Gasteiger partial charge in [-0.05, 0) is 26.0 Å². The first-order valence-electron chi connectivity index (χ1n) is 7.04. The molecule has 104 valence electrons. The van der Waals surface area contributed by atoms with Crippen molar-refractivity contribution in [3.05, 3.63) is 29.8 Å². The lowest BCUT2D eigenvalue weighted by atomic mass is 9.87. The Bertz CT molecular complexity index is 431. The molecule has 3 heteroatoms. The number of benzene rings is 1. The molecule has 1 aromatic carbocycles. The van der Waals surface area contributed by atoms with Crippen LogP contribution in [0.4, 0.5) is 0 Å². The van der Waals surface area contributed by atoms with E-state index in [1.54, 1.807) is 7.11 Å². The number of carbonyl (C=O) groups is 1. The van der Waals surface area contributed by atoms with Gasteiger partial charge in [-0.25, -0.2) is 0 Å². The number of nitrogens with zero attached hydrogens (tertiary/aromatic N) is 1. The molecule has 3 nitrogen and oxygen atoms in total. The molecule has 1 aromatic rings. The van der Waals surface area contributed by atoms with Gasteiger partial charge in [0, 0.05) is 31.0 Å². The summed E-state index contributed by atoms with van der Waals surface area (Å²) in [6.07, 6.45) is 4.09. The van der Waals surface area contributed by atoms with Crippen LogP contribution in [0.3, 0.4) is 0 Å². The Morgan fingerprint density at radius 1 is 1.32 bits per heavy atom. The van der Waals surface area contributed by atoms with E-state index in [0.717, 1.165) is 38.1 Å². The number of rotatable bonds is 5. The van der Waals surface area contributed by atoms with Crippen LogP contribution < -0.4 is 4.74 Å². The minimum atomic E-state index is 0.230. The average molecular weight is 261 g/mol. The SMILES string of the molecule is COc1ccccc1CN(C)CC1CCCCC1=O. The molecule has 1 unspecified atom stereocenters. The highest BCUT2D eigenvalue weighted by Crippen LogP contribution is 2.23. The molecule has 0 bridgehead atoms. The van der Waals surface area contributed by atoms with Gasteiger partial charge in [0.25, 0.3) is 0 Å². The smallest absolute Gasteiger partial charge is 0.137 e. The van der Waals surface area contributed by atoms with Crippen LogP contribution >= 0.6 is 0 Å². The molecule has 1 aliphatic rings. The highest BCUT2D eigenvalue weighted by Gasteiger charge is 2.23. The van der Waals surface area contributed by atoms with Crippen LogP contribution in [0.1, 0.15) is 31.2 Å². The molecule has 1 fully saturated rings. The molecule has 0 heterocycles. The van der Waals surface area contributed by atoms with Gasteiger partial charge in [-0.15, -0.1) is 0 Å². The van der Waals surface area contributed by atoms with Crippen molar-refractivity contribution in [1.29, 1.82) is 0 Å². The topological polar surface area (TPSA) is 29.5 Å². The van der Waals surface area contributed by atoms with Gasteiger partial charge in [0.1, 0.15) is 11.5 Å². The lowest BCUT2D eigenvalue weighted by Crippen LogP contribution is -2.32. The van der Waals surface area contributed by atoms with Gasteiger partial charge in [-0.1, -0.05) is 24.6 Å². The molecule has 0 N–H and O–H groups in total. The second-order valence-corrected chi connectivity index (χ2v) is 5.42. The van der Waals surface area contributed by atoms with E-state index in [4.69, 9.17) is 4.74 Å². The van der Waals surface area contributed by atoms with Gasteiger partial charge in [0.2, 0.25) is 0 Å². The fourth-order valence-corrected chi connectivity index (χ4v) is 2.81. The zero-order chi connectivity index (χ0) is 13.7. The summed E-state index contributed by atoms with van der Waals surface area (Å²) in [6.45, 7) is 1.69. The Morgan fingerprint density at radius 3 is 2.84 bits per heavy atom. The predicted octanol–water partition coefficient (Wildman–Crippen LogP) is 2.89. The highest BCUT2D eigenvalue weighted by atomic mass is 16.5. The fraction of sp³-hybridized carbons (Fsp3) is 0.562. The molecular formula is C16H23NO2. The molecule has 2 rings (SSSR count).